The first kappa shape index (κ1) is 21.4. The van der Waals surface area contributed by atoms with Crippen LogP contribution in [0.25, 0.3) is 0 Å². The van der Waals surface area contributed by atoms with Gasteiger partial charge in [0.05, 0.1) is 28.2 Å². The summed E-state index contributed by atoms with van der Waals surface area (Å²) in [6, 6.07) is 7.46. The van der Waals surface area contributed by atoms with Gasteiger partial charge in [-0.3, -0.25) is 34.2 Å². The third kappa shape index (κ3) is 4.66. The number of fused-ring (bicyclic) bond motifs is 1. The number of imide groups is 1. The van der Waals surface area contributed by atoms with Crippen LogP contribution >= 0.6 is 0 Å². The Morgan fingerprint density at radius 2 is 1.77 bits per heavy atom. The fraction of sp³-hybridized carbons (Fsp3) is 0.200. The van der Waals surface area contributed by atoms with Crippen molar-refractivity contribution in [3.05, 3.63) is 63.2 Å². The molecule has 31 heavy (non-hydrogen) atoms. The summed E-state index contributed by atoms with van der Waals surface area (Å²) < 4.78 is 0. The summed E-state index contributed by atoms with van der Waals surface area (Å²) in [6.07, 6.45) is -0.244. The van der Waals surface area contributed by atoms with E-state index in [2.05, 4.69) is 5.32 Å². The van der Waals surface area contributed by atoms with Gasteiger partial charge in [0.2, 0.25) is 5.91 Å². The van der Waals surface area contributed by atoms with Crippen molar-refractivity contribution in [1.29, 1.82) is 0 Å². The molecule has 0 saturated heterocycles. The predicted molar refractivity (Wildman–Crippen MR) is 106 cm³/mol. The number of benzene rings is 2. The number of aliphatic carboxylic acids is 1. The SMILES string of the molecule is O=C(O)Cc1ccc(O)c(NC(=O)CCCN2C(=O)c3ccc([N+](=O)[O-])cc3C2=O)c1. The Bertz CT molecular complexity index is 1110. The van der Waals surface area contributed by atoms with Gasteiger partial charge in [0.25, 0.3) is 17.5 Å². The van der Waals surface area contributed by atoms with Crippen molar-refractivity contribution >= 4 is 35.1 Å². The Kier molecular flexibility index (Phi) is 5.95. The molecule has 11 nitrogen and oxygen atoms in total. The average Bonchev–Trinajstić information content (AvgIpc) is 2.94. The fourth-order valence-corrected chi connectivity index (χ4v) is 3.17. The van der Waals surface area contributed by atoms with Crippen LogP contribution in [-0.2, 0) is 16.0 Å². The maximum absolute atomic E-state index is 12.4. The van der Waals surface area contributed by atoms with Crippen LogP contribution in [0.2, 0.25) is 0 Å². The van der Waals surface area contributed by atoms with Gasteiger partial charge in [0.1, 0.15) is 5.75 Å². The zero-order chi connectivity index (χ0) is 22.7. The monoisotopic (exact) mass is 427 g/mol. The lowest BCUT2D eigenvalue weighted by molar-refractivity contribution is -0.384. The van der Waals surface area contributed by atoms with E-state index in [1.54, 1.807) is 0 Å². The summed E-state index contributed by atoms with van der Waals surface area (Å²) >= 11 is 0. The van der Waals surface area contributed by atoms with E-state index in [0.717, 1.165) is 17.0 Å². The first-order valence-corrected chi connectivity index (χ1v) is 9.15. The van der Waals surface area contributed by atoms with Gasteiger partial charge < -0.3 is 15.5 Å². The number of hydrogen-bond acceptors (Lipinski definition) is 7. The maximum Gasteiger partial charge on any atom is 0.307 e. The molecule has 1 aliphatic rings. The molecule has 0 saturated carbocycles. The number of hydrogen-bond donors (Lipinski definition) is 3. The van der Waals surface area contributed by atoms with E-state index in [0.29, 0.717) is 5.56 Å². The molecule has 2 aromatic rings. The van der Waals surface area contributed by atoms with E-state index < -0.39 is 28.6 Å². The summed E-state index contributed by atoms with van der Waals surface area (Å²) in [5, 5.41) is 32.0. The van der Waals surface area contributed by atoms with Gasteiger partial charge in [-0.15, -0.1) is 0 Å². The fourth-order valence-electron chi connectivity index (χ4n) is 3.17. The van der Waals surface area contributed by atoms with Gasteiger partial charge in [-0.25, -0.2) is 0 Å². The highest BCUT2D eigenvalue weighted by Crippen LogP contribution is 2.27. The molecule has 1 heterocycles. The standard InChI is InChI=1S/C20H17N3O8/c24-16-6-3-11(9-18(26)27)8-15(16)21-17(25)2-1-7-22-19(28)13-5-4-12(23(30)31)10-14(13)20(22)29/h3-6,8,10,24H,1-2,7,9H2,(H,21,25)(H,26,27). The van der Waals surface area contributed by atoms with Gasteiger partial charge in [-0.05, 0) is 30.2 Å². The number of carbonyl (C=O) groups is 4. The summed E-state index contributed by atoms with van der Waals surface area (Å²) in [5.41, 5.74) is 0.160. The quantitative estimate of drug-likeness (QED) is 0.249. The van der Waals surface area contributed by atoms with Crippen LogP contribution in [0.3, 0.4) is 0 Å². The molecule has 3 amide bonds. The van der Waals surface area contributed by atoms with E-state index in [4.69, 9.17) is 5.11 Å². The van der Waals surface area contributed by atoms with Crippen molar-refractivity contribution < 1.29 is 34.3 Å². The first-order chi connectivity index (χ1) is 14.7. The van der Waals surface area contributed by atoms with Crippen LogP contribution in [0.4, 0.5) is 11.4 Å². The van der Waals surface area contributed by atoms with Gasteiger partial charge in [0.15, 0.2) is 0 Å². The number of anilines is 1. The predicted octanol–water partition coefficient (Wildman–Crippen LogP) is 1.94. The number of carbonyl (C=O) groups excluding carboxylic acids is 3. The van der Waals surface area contributed by atoms with Crippen molar-refractivity contribution in [2.75, 3.05) is 11.9 Å². The first-order valence-electron chi connectivity index (χ1n) is 9.15. The zero-order valence-corrected chi connectivity index (χ0v) is 16.0. The van der Waals surface area contributed by atoms with Crippen molar-refractivity contribution in [3.63, 3.8) is 0 Å². The molecule has 160 valence electrons. The topological polar surface area (TPSA) is 167 Å². The Morgan fingerprint density at radius 1 is 1.06 bits per heavy atom. The van der Waals surface area contributed by atoms with E-state index in [1.165, 1.54) is 24.3 Å². The molecular formula is C20H17N3O8. The number of phenols is 1. The number of nitrogens with zero attached hydrogens (tertiary/aromatic N) is 2. The lowest BCUT2D eigenvalue weighted by atomic mass is 10.1. The van der Waals surface area contributed by atoms with E-state index in [1.807, 2.05) is 0 Å². The van der Waals surface area contributed by atoms with Crippen LogP contribution in [0.5, 0.6) is 5.75 Å². The number of amides is 3. The molecule has 1 aliphatic heterocycles. The summed E-state index contributed by atoms with van der Waals surface area (Å²) in [6.45, 7) is -0.0708. The molecule has 0 spiro atoms. The number of carboxylic acids is 1. The molecular weight excluding hydrogens is 410 g/mol. The maximum atomic E-state index is 12.4. The summed E-state index contributed by atoms with van der Waals surface area (Å²) in [7, 11) is 0. The minimum atomic E-state index is -1.06. The second kappa shape index (κ2) is 8.61. The smallest absolute Gasteiger partial charge is 0.307 e. The van der Waals surface area contributed by atoms with Gasteiger partial charge >= 0.3 is 5.97 Å². The zero-order valence-electron chi connectivity index (χ0n) is 16.0. The molecule has 0 aromatic heterocycles. The van der Waals surface area contributed by atoms with Gasteiger partial charge in [-0.2, -0.15) is 0 Å². The third-order valence-electron chi connectivity index (χ3n) is 4.64. The molecule has 0 radical (unpaired) electrons. The van der Waals surface area contributed by atoms with Crippen molar-refractivity contribution in [2.45, 2.75) is 19.3 Å². The number of nitro benzene ring substituents is 1. The molecule has 0 aliphatic carbocycles. The minimum absolute atomic E-state index is 0.0520. The molecule has 3 rings (SSSR count). The molecule has 0 unspecified atom stereocenters. The number of phenolic OH excluding ortho intramolecular Hbond substituents is 1. The number of non-ortho nitro benzene ring substituents is 1. The summed E-state index contributed by atoms with van der Waals surface area (Å²) in [5.74, 6) is -3.05. The normalized spacial score (nSPS) is 12.6. The van der Waals surface area contributed by atoms with E-state index in [-0.39, 0.29) is 54.1 Å². The Labute approximate surface area is 175 Å². The van der Waals surface area contributed by atoms with Gasteiger partial charge in [-0.1, -0.05) is 6.07 Å². The minimum Gasteiger partial charge on any atom is -0.506 e. The molecule has 0 fully saturated rings. The Balaban J connectivity index is 1.59. The number of nitro groups is 1. The number of carboxylic acid groups (broad SMARTS) is 1. The van der Waals surface area contributed by atoms with Crippen LogP contribution in [0, 0.1) is 10.1 Å². The Hall–Kier alpha value is -4.28. The van der Waals surface area contributed by atoms with E-state index >= 15 is 0 Å². The summed E-state index contributed by atoms with van der Waals surface area (Å²) in [4.78, 5) is 58.9. The van der Waals surface area contributed by atoms with Crippen molar-refractivity contribution in [3.8, 4) is 5.75 Å². The lowest BCUT2D eigenvalue weighted by Crippen LogP contribution is -2.31. The van der Waals surface area contributed by atoms with E-state index in [9.17, 15) is 34.4 Å². The number of rotatable bonds is 8. The van der Waals surface area contributed by atoms with Crippen LogP contribution in [-0.4, -0.2) is 50.3 Å². The molecule has 0 atom stereocenters. The van der Waals surface area contributed by atoms with Gasteiger partial charge in [0, 0.05) is 25.1 Å². The molecule has 11 heteroatoms. The van der Waals surface area contributed by atoms with Crippen LogP contribution < -0.4 is 5.32 Å². The number of nitrogens with one attached hydrogen (secondary N) is 1. The average molecular weight is 427 g/mol. The van der Waals surface area contributed by atoms with Crippen molar-refractivity contribution in [1.82, 2.24) is 4.90 Å². The molecule has 2 aromatic carbocycles. The third-order valence-corrected chi connectivity index (χ3v) is 4.64. The van der Waals surface area contributed by atoms with Crippen LogP contribution in [0.1, 0.15) is 39.1 Å². The lowest BCUT2D eigenvalue weighted by Gasteiger charge is -2.14. The highest BCUT2D eigenvalue weighted by Gasteiger charge is 2.36. The second-order valence-corrected chi connectivity index (χ2v) is 6.82. The van der Waals surface area contributed by atoms with Crippen LogP contribution in [0.15, 0.2) is 36.4 Å². The molecule has 0 bridgehead atoms. The Morgan fingerprint density at radius 3 is 2.45 bits per heavy atom. The van der Waals surface area contributed by atoms with Crippen molar-refractivity contribution in [2.24, 2.45) is 0 Å². The highest BCUT2D eigenvalue weighted by molar-refractivity contribution is 6.21. The highest BCUT2D eigenvalue weighted by atomic mass is 16.6. The number of aromatic hydroxyl groups is 1. The largest absolute Gasteiger partial charge is 0.506 e. The molecule has 3 N–H and O–H groups in total. The second-order valence-electron chi connectivity index (χ2n) is 6.82.